The first-order valence-corrected chi connectivity index (χ1v) is 7.60. The van der Waals surface area contributed by atoms with Crippen LogP contribution in [0, 0.1) is 5.21 Å². The van der Waals surface area contributed by atoms with Crippen LogP contribution in [0.1, 0.15) is 0 Å². The fourth-order valence-corrected chi connectivity index (χ4v) is 3.02. The van der Waals surface area contributed by atoms with E-state index >= 15 is 0 Å². The van der Waals surface area contributed by atoms with Crippen LogP contribution in [-0.4, -0.2) is 20.9 Å². The molecule has 140 valence electrons. The summed E-state index contributed by atoms with van der Waals surface area (Å²) >= 11 is 0. The molecule has 10 heteroatoms. The van der Waals surface area contributed by atoms with E-state index in [2.05, 4.69) is 10.2 Å². The second kappa shape index (κ2) is 6.58. The summed E-state index contributed by atoms with van der Waals surface area (Å²) in [6.45, 7) is -1.43. The smallest absolute Gasteiger partial charge is 0.406 e. The van der Waals surface area contributed by atoms with Gasteiger partial charge in [0.05, 0.1) is 22.6 Å². The van der Waals surface area contributed by atoms with Crippen LogP contribution in [0.2, 0.25) is 0 Å². The van der Waals surface area contributed by atoms with E-state index in [1.165, 1.54) is 18.5 Å². The molecule has 4 rings (SSSR count). The summed E-state index contributed by atoms with van der Waals surface area (Å²) in [4.78, 5) is 12.5. The number of aromatic nitrogens is 4. The highest BCUT2D eigenvalue weighted by Gasteiger charge is 2.30. The molecule has 0 spiro atoms. The summed E-state index contributed by atoms with van der Waals surface area (Å²) < 4.78 is 40.4. The first-order valence-electron chi connectivity index (χ1n) is 7.60. The maximum Gasteiger partial charge on any atom is 0.406 e. The van der Waals surface area contributed by atoms with Gasteiger partial charge in [0.2, 0.25) is 5.69 Å². The highest BCUT2D eigenvalue weighted by atomic mass is 35.5. The summed E-state index contributed by atoms with van der Waals surface area (Å²) in [7, 11) is 0. The molecule has 0 amide bonds. The number of alkyl halides is 3. The van der Waals surface area contributed by atoms with Crippen LogP contribution in [0.5, 0.6) is 0 Å². The summed E-state index contributed by atoms with van der Waals surface area (Å²) in [6, 6.07) is 9.35. The Morgan fingerprint density at radius 2 is 1.96 bits per heavy atom. The van der Waals surface area contributed by atoms with Crippen molar-refractivity contribution < 1.29 is 17.9 Å². The second-order valence-corrected chi connectivity index (χ2v) is 5.81. The number of aromatic amines is 1. The Balaban J connectivity index is 0.00000210. The highest BCUT2D eigenvalue weighted by Crippen LogP contribution is 2.28. The number of nitrogens with zero attached hydrogens (tertiary/aromatic N) is 3. The average molecular weight is 397 g/mol. The van der Waals surface area contributed by atoms with E-state index in [9.17, 15) is 23.2 Å². The normalized spacial score (nSPS) is 11.7. The van der Waals surface area contributed by atoms with Gasteiger partial charge in [-0.1, -0.05) is 0 Å². The summed E-state index contributed by atoms with van der Waals surface area (Å²) in [6.07, 6.45) is -2.07. The lowest BCUT2D eigenvalue weighted by molar-refractivity contribution is -0.593. The number of hydrogen-bond donors (Lipinski definition) is 1. The number of H-pyrrole nitrogens is 1. The Morgan fingerprint density at radius 3 is 2.67 bits per heavy atom. The number of halogens is 4. The van der Waals surface area contributed by atoms with Gasteiger partial charge < -0.3 is 5.21 Å². The molecular formula is C17H12ClF3N4O2. The molecule has 0 bridgehead atoms. The zero-order valence-electron chi connectivity index (χ0n) is 13.5. The van der Waals surface area contributed by atoms with Gasteiger partial charge in [-0.05, 0) is 24.3 Å². The van der Waals surface area contributed by atoms with E-state index in [1.54, 1.807) is 30.3 Å². The monoisotopic (exact) mass is 396 g/mol. The Morgan fingerprint density at radius 1 is 1.19 bits per heavy atom. The molecule has 0 aliphatic rings. The van der Waals surface area contributed by atoms with Crippen LogP contribution in [-0.2, 0) is 6.54 Å². The van der Waals surface area contributed by atoms with Crippen LogP contribution in [0.3, 0.4) is 0 Å². The number of benzene rings is 1. The van der Waals surface area contributed by atoms with Crippen molar-refractivity contribution in [3.63, 3.8) is 0 Å². The molecule has 0 radical (unpaired) electrons. The maximum atomic E-state index is 13.0. The average Bonchev–Trinajstić information content (AvgIpc) is 3.08. The van der Waals surface area contributed by atoms with Crippen molar-refractivity contribution in [2.45, 2.75) is 12.7 Å². The molecule has 6 nitrogen and oxygen atoms in total. The Hall–Kier alpha value is -3.07. The maximum absolute atomic E-state index is 13.0. The fraction of sp³-hybridized carbons (Fsp3) is 0.118. The van der Waals surface area contributed by atoms with Crippen LogP contribution in [0.25, 0.3) is 33.1 Å². The SMILES string of the molecule is Cl.O=c1c2cn[nH]c2c2ccc(-c3cccc[n+]3[O-])cc2n1CC(F)(F)F. The van der Waals surface area contributed by atoms with Gasteiger partial charge in [-0.15, -0.1) is 12.4 Å². The minimum Gasteiger partial charge on any atom is -0.618 e. The van der Waals surface area contributed by atoms with Crippen molar-refractivity contribution in [1.29, 1.82) is 0 Å². The van der Waals surface area contributed by atoms with Crippen LogP contribution in [0.15, 0.2) is 53.6 Å². The largest absolute Gasteiger partial charge is 0.618 e. The summed E-state index contributed by atoms with van der Waals surface area (Å²) in [5.74, 6) is 0. The lowest BCUT2D eigenvalue weighted by Crippen LogP contribution is -2.29. The molecule has 1 aromatic carbocycles. The van der Waals surface area contributed by atoms with E-state index in [1.807, 2.05) is 0 Å². The minimum atomic E-state index is -4.57. The first-order chi connectivity index (χ1) is 12.3. The molecule has 0 aliphatic carbocycles. The van der Waals surface area contributed by atoms with Gasteiger partial charge in [-0.3, -0.25) is 14.5 Å². The molecule has 0 aliphatic heterocycles. The lowest BCUT2D eigenvalue weighted by Gasteiger charge is -2.14. The number of pyridine rings is 2. The van der Waals surface area contributed by atoms with Crippen molar-refractivity contribution >= 4 is 34.2 Å². The topological polar surface area (TPSA) is 77.6 Å². The number of fused-ring (bicyclic) bond motifs is 3. The molecule has 0 unspecified atom stereocenters. The third-order valence-electron chi connectivity index (χ3n) is 4.13. The Kier molecular flexibility index (Phi) is 4.56. The fourth-order valence-electron chi connectivity index (χ4n) is 3.02. The third-order valence-corrected chi connectivity index (χ3v) is 4.13. The summed E-state index contributed by atoms with van der Waals surface area (Å²) in [5, 5.41) is 18.9. The molecule has 0 saturated carbocycles. The van der Waals surface area contributed by atoms with Crippen LogP contribution < -0.4 is 10.3 Å². The minimum absolute atomic E-state index is 0. The van der Waals surface area contributed by atoms with Crippen molar-refractivity contribution in [2.75, 3.05) is 0 Å². The van der Waals surface area contributed by atoms with Crippen molar-refractivity contribution in [3.05, 3.63) is 64.4 Å². The van der Waals surface area contributed by atoms with E-state index < -0.39 is 18.3 Å². The molecule has 0 saturated heterocycles. The van der Waals surface area contributed by atoms with Gasteiger partial charge in [-0.2, -0.15) is 23.0 Å². The molecule has 27 heavy (non-hydrogen) atoms. The Bertz CT molecular complexity index is 1200. The number of rotatable bonds is 2. The lowest BCUT2D eigenvalue weighted by atomic mass is 10.1. The predicted octanol–water partition coefficient (Wildman–Crippen LogP) is 3.16. The summed E-state index contributed by atoms with van der Waals surface area (Å²) in [5.41, 5.74) is 0.314. The predicted molar refractivity (Wildman–Crippen MR) is 95.6 cm³/mol. The second-order valence-electron chi connectivity index (χ2n) is 5.81. The molecule has 1 N–H and O–H groups in total. The van der Waals surface area contributed by atoms with E-state index in [-0.39, 0.29) is 29.0 Å². The first kappa shape index (κ1) is 18.7. The van der Waals surface area contributed by atoms with Gasteiger partial charge in [-0.25, -0.2) is 0 Å². The Labute approximate surface area is 155 Å². The molecule has 0 atom stereocenters. The van der Waals surface area contributed by atoms with E-state index in [4.69, 9.17) is 0 Å². The van der Waals surface area contributed by atoms with E-state index in [0.29, 0.717) is 25.8 Å². The number of nitrogens with one attached hydrogen (secondary N) is 1. The van der Waals surface area contributed by atoms with E-state index in [0.717, 1.165) is 0 Å². The van der Waals surface area contributed by atoms with Gasteiger partial charge >= 0.3 is 6.18 Å². The molecule has 3 aromatic heterocycles. The van der Waals surface area contributed by atoms with Crippen molar-refractivity contribution in [2.24, 2.45) is 0 Å². The van der Waals surface area contributed by atoms with Gasteiger partial charge in [0.1, 0.15) is 6.54 Å². The standard InChI is InChI=1S/C17H11F3N4O2.ClH/c18-17(19,20)9-23-14-7-10(13-3-1-2-6-24(13)26)4-5-11(14)15-12(16(23)25)8-21-22-15;/h1-8H,9H2,(H,21,22);1H. The number of hydrogen-bond acceptors (Lipinski definition) is 3. The molecular weight excluding hydrogens is 385 g/mol. The van der Waals surface area contributed by atoms with Gasteiger partial charge in [0.15, 0.2) is 6.20 Å². The van der Waals surface area contributed by atoms with Gasteiger partial charge in [0, 0.05) is 23.1 Å². The molecule has 3 heterocycles. The third kappa shape index (κ3) is 3.21. The van der Waals surface area contributed by atoms with Crippen molar-refractivity contribution in [3.8, 4) is 11.3 Å². The van der Waals surface area contributed by atoms with Crippen LogP contribution in [0.4, 0.5) is 13.2 Å². The van der Waals surface area contributed by atoms with Gasteiger partial charge in [0.25, 0.3) is 5.56 Å². The quantitative estimate of drug-likeness (QED) is 0.417. The molecule has 0 fully saturated rings. The zero-order valence-corrected chi connectivity index (χ0v) is 14.3. The highest BCUT2D eigenvalue weighted by molar-refractivity contribution is 6.04. The van der Waals surface area contributed by atoms with Crippen molar-refractivity contribution in [1.82, 2.24) is 14.8 Å². The molecule has 4 aromatic rings. The zero-order chi connectivity index (χ0) is 18.5. The van der Waals surface area contributed by atoms with Crippen LogP contribution >= 0.6 is 12.4 Å².